The van der Waals surface area contributed by atoms with Gasteiger partial charge in [-0.1, -0.05) is 13.8 Å². The molecule has 1 atom stereocenters. The average Bonchev–Trinajstić information content (AvgIpc) is 2.15. The van der Waals surface area contributed by atoms with Gasteiger partial charge in [0.1, 0.15) is 0 Å². The third-order valence-electron chi connectivity index (χ3n) is 2.95. The van der Waals surface area contributed by atoms with Gasteiger partial charge in [0, 0.05) is 16.7 Å². The largest absolute Gasteiger partial charge is 0.397 e. The minimum absolute atomic E-state index is 0.493. The normalized spacial score (nSPS) is 12.9. The van der Waals surface area contributed by atoms with Crippen molar-refractivity contribution in [1.29, 1.82) is 0 Å². The van der Waals surface area contributed by atoms with Crippen LogP contribution in [0.15, 0.2) is 18.2 Å². The van der Waals surface area contributed by atoms with Crippen LogP contribution in [0.1, 0.15) is 20.8 Å². The Morgan fingerprint density at radius 1 is 1.27 bits per heavy atom. The molecule has 0 heterocycles. The van der Waals surface area contributed by atoms with E-state index in [4.69, 9.17) is 5.73 Å². The van der Waals surface area contributed by atoms with Crippen LogP contribution in [-0.2, 0) is 0 Å². The van der Waals surface area contributed by atoms with E-state index < -0.39 is 0 Å². The van der Waals surface area contributed by atoms with Gasteiger partial charge in [-0.2, -0.15) is 0 Å². The molecule has 1 unspecified atom stereocenters. The van der Waals surface area contributed by atoms with E-state index in [-0.39, 0.29) is 0 Å². The lowest BCUT2D eigenvalue weighted by Crippen LogP contribution is -2.33. The monoisotopic (exact) mass is 318 g/mol. The molecule has 0 radical (unpaired) electrons. The van der Waals surface area contributed by atoms with E-state index in [1.165, 1.54) is 3.57 Å². The summed E-state index contributed by atoms with van der Waals surface area (Å²) in [6.07, 6.45) is 0. The molecule has 1 aromatic rings. The number of anilines is 2. The number of nitrogens with zero attached hydrogens (tertiary/aromatic N) is 1. The van der Waals surface area contributed by atoms with Crippen LogP contribution in [0.3, 0.4) is 0 Å². The Kier molecular flexibility index (Phi) is 4.25. The molecule has 0 bridgehead atoms. The Labute approximate surface area is 106 Å². The SMILES string of the molecule is CC(C)C(C)N(C)c1ccc(I)cc1N. The molecule has 0 saturated carbocycles. The van der Waals surface area contributed by atoms with Crippen molar-refractivity contribution < 1.29 is 0 Å². The van der Waals surface area contributed by atoms with Gasteiger partial charge in [0.05, 0.1) is 11.4 Å². The molecule has 0 aliphatic carbocycles. The molecule has 0 saturated heterocycles. The fraction of sp³-hybridized carbons (Fsp3) is 0.500. The summed E-state index contributed by atoms with van der Waals surface area (Å²) in [5, 5.41) is 0. The zero-order valence-corrected chi connectivity index (χ0v) is 11.9. The first-order valence-electron chi connectivity index (χ1n) is 5.21. The number of hydrogen-bond acceptors (Lipinski definition) is 2. The van der Waals surface area contributed by atoms with E-state index in [1.807, 2.05) is 6.07 Å². The van der Waals surface area contributed by atoms with E-state index in [2.05, 4.69) is 67.4 Å². The van der Waals surface area contributed by atoms with Crippen LogP contribution in [0.5, 0.6) is 0 Å². The minimum atomic E-state index is 0.493. The Morgan fingerprint density at radius 3 is 2.33 bits per heavy atom. The van der Waals surface area contributed by atoms with Crippen molar-refractivity contribution in [2.75, 3.05) is 17.7 Å². The Balaban J connectivity index is 2.96. The fourth-order valence-electron chi connectivity index (χ4n) is 1.51. The number of nitrogens with two attached hydrogens (primary N) is 1. The molecule has 0 aromatic heterocycles. The number of nitrogen functional groups attached to an aromatic ring is 1. The van der Waals surface area contributed by atoms with Crippen molar-refractivity contribution in [3.05, 3.63) is 21.8 Å². The van der Waals surface area contributed by atoms with Crippen LogP contribution in [0.25, 0.3) is 0 Å². The zero-order chi connectivity index (χ0) is 11.6. The first-order chi connectivity index (χ1) is 6.93. The molecule has 0 fully saturated rings. The van der Waals surface area contributed by atoms with E-state index >= 15 is 0 Å². The van der Waals surface area contributed by atoms with Crippen molar-refractivity contribution in [3.63, 3.8) is 0 Å². The molecular weight excluding hydrogens is 299 g/mol. The second-order valence-corrected chi connectivity index (χ2v) is 5.54. The quantitative estimate of drug-likeness (QED) is 0.684. The molecule has 0 aliphatic heterocycles. The van der Waals surface area contributed by atoms with Crippen LogP contribution >= 0.6 is 22.6 Å². The van der Waals surface area contributed by atoms with Crippen LogP contribution in [0, 0.1) is 9.49 Å². The van der Waals surface area contributed by atoms with Crippen LogP contribution in [0.4, 0.5) is 11.4 Å². The highest BCUT2D eigenvalue weighted by Gasteiger charge is 2.15. The minimum Gasteiger partial charge on any atom is -0.397 e. The van der Waals surface area contributed by atoms with Gasteiger partial charge >= 0.3 is 0 Å². The van der Waals surface area contributed by atoms with E-state index in [0.29, 0.717) is 12.0 Å². The van der Waals surface area contributed by atoms with Crippen molar-refractivity contribution in [3.8, 4) is 0 Å². The average molecular weight is 318 g/mol. The number of rotatable bonds is 3. The van der Waals surface area contributed by atoms with Crippen molar-refractivity contribution >= 4 is 34.0 Å². The summed E-state index contributed by atoms with van der Waals surface area (Å²) in [6.45, 7) is 6.68. The Morgan fingerprint density at radius 2 is 1.87 bits per heavy atom. The maximum Gasteiger partial charge on any atom is 0.0600 e. The molecule has 2 nitrogen and oxygen atoms in total. The van der Waals surface area contributed by atoms with E-state index in [9.17, 15) is 0 Å². The van der Waals surface area contributed by atoms with Gasteiger partial charge in [-0.25, -0.2) is 0 Å². The summed E-state index contributed by atoms with van der Waals surface area (Å²) in [7, 11) is 2.10. The maximum absolute atomic E-state index is 6.01. The second-order valence-electron chi connectivity index (χ2n) is 4.30. The molecule has 0 amide bonds. The van der Waals surface area contributed by atoms with Gasteiger partial charge in [0.2, 0.25) is 0 Å². The third-order valence-corrected chi connectivity index (χ3v) is 3.62. The van der Waals surface area contributed by atoms with Crippen molar-refractivity contribution in [1.82, 2.24) is 0 Å². The highest BCUT2D eigenvalue weighted by atomic mass is 127. The number of hydrogen-bond donors (Lipinski definition) is 1. The molecule has 84 valence electrons. The summed E-state index contributed by atoms with van der Waals surface area (Å²) in [6, 6.07) is 6.69. The van der Waals surface area contributed by atoms with Gasteiger partial charge in [-0.05, 0) is 53.6 Å². The topological polar surface area (TPSA) is 29.3 Å². The predicted molar refractivity (Wildman–Crippen MR) is 76.3 cm³/mol. The Bertz CT molecular complexity index is 336. The number of halogens is 1. The van der Waals surface area contributed by atoms with Gasteiger partial charge in [-0.15, -0.1) is 0 Å². The standard InChI is InChI=1S/C12H19IN2/c1-8(2)9(3)15(4)12-6-5-10(13)7-11(12)14/h5-9H,14H2,1-4H3. The molecule has 0 spiro atoms. The maximum atomic E-state index is 6.01. The van der Waals surface area contributed by atoms with E-state index in [0.717, 1.165) is 11.4 Å². The van der Waals surface area contributed by atoms with Crippen LogP contribution in [0.2, 0.25) is 0 Å². The zero-order valence-electron chi connectivity index (χ0n) is 9.79. The van der Waals surface area contributed by atoms with E-state index in [1.54, 1.807) is 0 Å². The number of benzene rings is 1. The fourth-order valence-corrected chi connectivity index (χ4v) is 2.03. The summed E-state index contributed by atoms with van der Waals surface area (Å²) in [5.74, 6) is 0.619. The van der Waals surface area contributed by atoms with Crippen molar-refractivity contribution in [2.45, 2.75) is 26.8 Å². The summed E-state index contributed by atoms with van der Waals surface area (Å²) < 4.78 is 1.18. The van der Waals surface area contributed by atoms with Crippen LogP contribution < -0.4 is 10.6 Å². The van der Waals surface area contributed by atoms with Gasteiger partial charge < -0.3 is 10.6 Å². The van der Waals surface area contributed by atoms with Crippen LogP contribution in [-0.4, -0.2) is 13.1 Å². The summed E-state index contributed by atoms with van der Waals surface area (Å²) in [5.41, 5.74) is 7.99. The first-order valence-corrected chi connectivity index (χ1v) is 6.29. The van der Waals surface area contributed by atoms with Gasteiger partial charge in [0.25, 0.3) is 0 Å². The molecule has 1 rings (SSSR count). The molecule has 15 heavy (non-hydrogen) atoms. The molecule has 3 heteroatoms. The highest BCUT2D eigenvalue weighted by molar-refractivity contribution is 14.1. The lowest BCUT2D eigenvalue weighted by atomic mass is 10.0. The molecular formula is C12H19IN2. The smallest absolute Gasteiger partial charge is 0.0600 e. The third kappa shape index (κ3) is 3.00. The summed E-state index contributed by atoms with van der Waals surface area (Å²) >= 11 is 2.28. The lowest BCUT2D eigenvalue weighted by molar-refractivity contribution is 0.506. The van der Waals surface area contributed by atoms with Crippen molar-refractivity contribution in [2.24, 2.45) is 5.92 Å². The molecule has 0 aliphatic rings. The lowest BCUT2D eigenvalue weighted by Gasteiger charge is -2.31. The first kappa shape index (κ1) is 12.6. The predicted octanol–water partition coefficient (Wildman–Crippen LogP) is 3.35. The second kappa shape index (κ2) is 5.05. The highest BCUT2D eigenvalue weighted by Crippen LogP contribution is 2.27. The van der Waals surface area contributed by atoms with Gasteiger partial charge in [-0.3, -0.25) is 0 Å². The summed E-state index contributed by atoms with van der Waals surface area (Å²) in [4.78, 5) is 2.25. The molecule has 2 N–H and O–H groups in total. The Hall–Kier alpha value is -0.450. The molecule has 1 aromatic carbocycles. The van der Waals surface area contributed by atoms with Gasteiger partial charge in [0.15, 0.2) is 0 Å².